The fourth-order valence-electron chi connectivity index (χ4n) is 2.44. The van der Waals surface area contributed by atoms with E-state index in [0.717, 1.165) is 10.8 Å². The minimum atomic E-state index is -6.33. The van der Waals surface area contributed by atoms with Gasteiger partial charge in [-0.15, -0.1) is 0 Å². The summed E-state index contributed by atoms with van der Waals surface area (Å²) in [6, 6.07) is -1.15. The second kappa shape index (κ2) is 8.09. The summed E-state index contributed by atoms with van der Waals surface area (Å²) in [5.41, 5.74) is 7.22. The lowest BCUT2D eigenvalue weighted by Gasteiger charge is -2.24. The zero-order chi connectivity index (χ0) is 22.2. The Morgan fingerprint density at radius 1 is 1.45 bits per heavy atom. The molecule has 4 atom stereocenters. The van der Waals surface area contributed by atoms with Gasteiger partial charge in [0.2, 0.25) is 0 Å². The molecule has 2 unspecified atom stereocenters. The summed E-state index contributed by atoms with van der Waals surface area (Å²) in [4.78, 5) is 54.3. The van der Waals surface area contributed by atoms with Crippen molar-refractivity contribution < 1.29 is 41.9 Å². The molecular formula is C11H15F2N5O9P2. The van der Waals surface area contributed by atoms with Gasteiger partial charge in [-0.3, -0.25) is 23.5 Å². The van der Waals surface area contributed by atoms with Crippen LogP contribution in [-0.4, -0.2) is 48.4 Å². The Labute approximate surface area is 159 Å². The predicted octanol–water partition coefficient (Wildman–Crippen LogP) is 0.741. The second-order valence-corrected chi connectivity index (χ2v) is 9.85. The van der Waals surface area contributed by atoms with Gasteiger partial charge in [-0.25, -0.2) is 4.79 Å². The largest absolute Gasteiger partial charge is 0.443 e. The van der Waals surface area contributed by atoms with Crippen molar-refractivity contribution in [3.05, 3.63) is 43.0 Å². The highest BCUT2D eigenvalue weighted by Gasteiger charge is 2.65. The van der Waals surface area contributed by atoms with Gasteiger partial charge in [0.25, 0.3) is 5.56 Å². The summed E-state index contributed by atoms with van der Waals surface area (Å²) in [6.45, 7) is 0.280. The van der Waals surface area contributed by atoms with Crippen LogP contribution in [0.15, 0.2) is 20.9 Å². The van der Waals surface area contributed by atoms with E-state index in [0.29, 0.717) is 0 Å². The number of alkyl halides is 2. The van der Waals surface area contributed by atoms with Crippen molar-refractivity contribution in [3.8, 4) is 0 Å². The average molecular weight is 461 g/mol. The van der Waals surface area contributed by atoms with Gasteiger partial charge in [0.05, 0.1) is 18.8 Å². The number of hydrogen-bond donors (Lipinski definition) is 4. The number of nitrogens with zero attached hydrogens (tertiary/aromatic N) is 4. The van der Waals surface area contributed by atoms with Crippen molar-refractivity contribution in [2.75, 3.05) is 6.61 Å². The van der Waals surface area contributed by atoms with Crippen LogP contribution in [0.25, 0.3) is 10.4 Å². The molecule has 0 amide bonds. The van der Waals surface area contributed by atoms with Crippen molar-refractivity contribution in [2.24, 2.45) is 5.11 Å². The summed E-state index contributed by atoms with van der Waals surface area (Å²) < 4.78 is 59.8. The van der Waals surface area contributed by atoms with Crippen LogP contribution >= 0.6 is 15.2 Å². The Hall–Kier alpha value is -1.89. The van der Waals surface area contributed by atoms with Crippen LogP contribution in [0.1, 0.15) is 18.2 Å². The summed E-state index contributed by atoms with van der Waals surface area (Å²) in [6.07, 6.45) is -1.61. The summed E-state index contributed by atoms with van der Waals surface area (Å²) >= 11 is 0. The summed E-state index contributed by atoms with van der Waals surface area (Å²) in [7, 11) is -12.5. The van der Waals surface area contributed by atoms with Crippen LogP contribution in [-0.2, 0) is 18.4 Å². The molecule has 1 aliphatic heterocycles. The molecule has 1 aromatic heterocycles. The zero-order valence-corrected chi connectivity index (χ0v) is 16.2. The number of aromatic amines is 1. The maximum atomic E-state index is 13.5. The summed E-state index contributed by atoms with van der Waals surface area (Å²) in [5.74, 6) is 0. The number of ether oxygens (including phenoxy) is 1. The molecule has 1 fully saturated rings. The topological polar surface area (TPSA) is 217 Å². The molecule has 1 saturated heterocycles. The van der Waals surface area contributed by atoms with Gasteiger partial charge < -0.3 is 23.9 Å². The molecule has 0 aliphatic carbocycles. The SMILES string of the molecule is Cc1cn([C@H]2CC(N=[N+]=[N-])[C@@H](COP(=O)(O)C(F)(F)P(=O)(O)O)O2)c(=O)[nH]c1=O. The van der Waals surface area contributed by atoms with Crippen molar-refractivity contribution in [3.63, 3.8) is 0 Å². The van der Waals surface area contributed by atoms with Crippen LogP contribution in [0.4, 0.5) is 8.78 Å². The monoisotopic (exact) mass is 461 g/mol. The minimum Gasteiger partial charge on any atom is -0.352 e. The fourth-order valence-corrected chi connectivity index (χ4v) is 4.44. The van der Waals surface area contributed by atoms with E-state index in [-0.39, 0.29) is 12.0 Å². The molecule has 1 aromatic rings. The number of aromatic nitrogens is 2. The van der Waals surface area contributed by atoms with Crippen LogP contribution in [0.5, 0.6) is 0 Å². The van der Waals surface area contributed by atoms with Gasteiger partial charge >= 0.3 is 26.3 Å². The highest BCUT2D eigenvalue weighted by molar-refractivity contribution is 7.72. The molecule has 0 saturated carbocycles. The number of azide groups is 1. The highest BCUT2D eigenvalue weighted by Crippen LogP contribution is 2.73. The second-order valence-electron chi connectivity index (χ2n) is 5.99. The van der Waals surface area contributed by atoms with Crippen molar-refractivity contribution in [1.82, 2.24) is 9.55 Å². The lowest BCUT2D eigenvalue weighted by atomic mass is 10.1. The van der Waals surface area contributed by atoms with Crippen molar-refractivity contribution >= 4 is 15.2 Å². The smallest absolute Gasteiger partial charge is 0.352 e. The number of halogens is 2. The lowest BCUT2D eigenvalue weighted by molar-refractivity contribution is -0.0276. The Morgan fingerprint density at radius 2 is 2.07 bits per heavy atom. The van der Waals surface area contributed by atoms with Gasteiger partial charge in [0.1, 0.15) is 6.23 Å². The molecule has 0 bridgehead atoms. The minimum absolute atomic E-state index is 0.134. The van der Waals surface area contributed by atoms with E-state index < -0.39 is 56.8 Å². The highest BCUT2D eigenvalue weighted by atomic mass is 31.2. The van der Waals surface area contributed by atoms with E-state index in [1.54, 1.807) is 0 Å². The quantitative estimate of drug-likeness (QED) is 0.194. The summed E-state index contributed by atoms with van der Waals surface area (Å²) in [5, 5.41) is -2.04. The molecule has 0 aromatic carbocycles. The lowest BCUT2D eigenvalue weighted by Crippen LogP contribution is -2.33. The first-order valence-electron chi connectivity index (χ1n) is 7.64. The molecule has 2 rings (SSSR count). The standard InChI is InChI=1S/C11H15F2N5O9P2/c1-5-3-18(10(20)15-9(5)19)8-2-6(16-17-14)7(27-8)4-26-29(24,25)11(12,13)28(21,22)23/h3,6-8H,2,4H2,1H3,(H,24,25)(H,15,19,20)(H2,21,22,23)/t6?,7-,8-/m1/s1. The van der Waals surface area contributed by atoms with Gasteiger partial charge in [0.15, 0.2) is 0 Å². The third kappa shape index (κ3) is 4.65. The van der Waals surface area contributed by atoms with E-state index in [4.69, 9.17) is 20.1 Å². The van der Waals surface area contributed by atoms with Crippen molar-refractivity contribution in [2.45, 2.75) is 37.1 Å². The molecule has 18 heteroatoms. The molecule has 2 heterocycles. The van der Waals surface area contributed by atoms with E-state index >= 15 is 0 Å². The van der Waals surface area contributed by atoms with Crippen LogP contribution < -0.4 is 11.2 Å². The van der Waals surface area contributed by atoms with E-state index in [1.807, 2.05) is 4.98 Å². The molecule has 0 spiro atoms. The molecular weight excluding hydrogens is 446 g/mol. The Kier molecular flexibility index (Phi) is 6.52. The van der Waals surface area contributed by atoms with Crippen LogP contribution in [0.3, 0.4) is 0 Å². The fraction of sp³-hybridized carbons (Fsp3) is 0.636. The maximum Gasteiger partial charge on any atom is 0.443 e. The third-order valence-electron chi connectivity index (χ3n) is 3.96. The molecule has 29 heavy (non-hydrogen) atoms. The molecule has 1 aliphatic rings. The first-order chi connectivity index (χ1) is 13.2. The number of H-pyrrole nitrogens is 1. The van der Waals surface area contributed by atoms with Gasteiger partial charge in [-0.1, -0.05) is 5.11 Å². The number of aryl methyl sites for hydroxylation is 1. The first-order valence-corrected chi connectivity index (χ1v) is 10.8. The van der Waals surface area contributed by atoms with Crippen molar-refractivity contribution in [1.29, 1.82) is 0 Å². The molecule has 162 valence electrons. The molecule has 4 N–H and O–H groups in total. The predicted molar refractivity (Wildman–Crippen MR) is 90.3 cm³/mol. The van der Waals surface area contributed by atoms with Gasteiger partial charge in [-0.05, 0) is 12.5 Å². The molecule has 0 radical (unpaired) electrons. The first kappa shape index (κ1) is 23.4. The van der Waals surface area contributed by atoms with E-state index in [9.17, 15) is 32.4 Å². The number of rotatable bonds is 7. The van der Waals surface area contributed by atoms with Crippen LogP contribution in [0.2, 0.25) is 0 Å². The normalized spacial score (nSPS) is 24.7. The molecule has 14 nitrogen and oxygen atoms in total. The Morgan fingerprint density at radius 3 is 2.62 bits per heavy atom. The van der Waals surface area contributed by atoms with Gasteiger partial charge in [-0.2, -0.15) is 8.78 Å². The van der Waals surface area contributed by atoms with E-state index in [2.05, 4.69) is 14.5 Å². The van der Waals surface area contributed by atoms with Gasteiger partial charge in [0, 0.05) is 23.1 Å². The Balaban J connectivity index is 2.25. The van der Waals surface area contributed by atoms with E-state index in [1.165, 1.54) is 6.92 Å². The third-order valence-corrected chi connectivity index (χ3v) is 7.38. The van der Waals surface area contributed by atoms with Crippen LogP contribution in [0, 0.1) is 6.92 Å². The zero-order valence-electron chi connectivity index (χ0n) is 14.5. The maximum absolute atomic E-state index is 13.5. The average Bonchev–Trinajstić information content (AvgIpc) is 2.98. The Bertz CT molecular complexity index is 1050. The number of nitrogens with one attached hydrogen (secondary N) is 1. The number of hydrogen-bond acceptors (Lipinski definition) is 7.